The van der Waals surface area contributed by atoms with E-state index < -0.39 is 0 Å². The molecule has 7 heteroatoms. The van der Waals surface area contributed by atoms with Gasteiger partial charge in [0.1, 0.15) is 11.0 Å². The molecule has 2 aromatic carbocycles. The maximum Gasteiger partial charge on any atom is 0.277 e. The number of halogens is 1. The van der Waals surface area contributed by atoms with Crippen LogP contribution in [-0.2, 0) is 13.1 Å². The molecule has 0 saturated carbocycles. The second kappa shape index (κ2) is 8.22. The van der Waals surface area contributed by atoms with Crippen molar-refractivity contribution in [2.75, 3.05) is 32.7 Å². The fourth-order valence-electron chi connectivity index (χ4n) is 4.18. The van der Waals surface area contributed by atoms with Crippen molar-refractivity contribution < 1.29 is 0 Å². The molecular weight excluding hydrogens is 398 g/mol. The van der Waals surface area contributed by atoms with Gasteiger partial charge in [-0.2, -0.15) is 0 Å². The van der Waals surface area contributed by atoms with Gasteiger partial charge in [0.15, 0.2) is 0 Å². The van der Waals surface area contributed by atoms with Gasteiger partial charge >= 0.3 is 0 Å². The number of fused-ring (bicyclic) bond motifs is 3. The average Bonchev–Trinajstić information content (AvgIpc) is 3.14. The van der Waals surface area contributed by atoms with Crippen molar-refractivity contribution in [2.45, 2.75) is 13.1 Å². The predicted octanol–water partition coefficient (Wildman–Crippen LogP) is 3.35. The highest BCUT2D eigenvalue weighted by Gasteiger charge is 2.17. The SMILES string of the molecule is O=c1c2[nH]c3ccc(Cl)cc3c2ncn1CCN1CCN(Cc2ccccc2)CC1. The van der Waals surface area contributed by atoms with Crippen molar-refractivity contribution in [3.05, 3.63) is 75.8 Å². The standard InChI is InChI=1S/C23H24ClN5O/c24-18-6-7-20-19(14-18)21-22(26-20)23(30)29(16-25-21)13-12-27-8-10-28(11-9-27)15-17-4-2-1-3-5-17/h1-7,14,16,26H,8-13,15H2. The maximum atomic E-state index is 12.9. The molecule has 0 spiro atoms. The van der Waals surface area contributed by atoms with E-state index in [2.05, 4.69) is 50.1 Å². The van der Waals surface area contributed by atoms with E-state index in [4.69, 9.17) is 11.6 Å². The Hall–Kier alpha value is -2.67. The molecule has 154 valence electrons. The van der Waals surface area contributed by atoms with E-state index in [0.717, 1.165) is 50.2 Å². The quantitative estimate of drug-likeness (QED) is 0.537. The summed E-state index contributed by atoms with van der Waals surface area (Å²) >= 11 is 6.10. The van der Waals surface area contributed by atoms with E-state index in [0.29, 0.717) is 22.6 Å². The molecule has 0 aliphatic carbocycles. The minimum absolute atomic E-state index is 0.0324. The van der Waals surface area contributed by atoms with Gasteiger partial charge in [-0.3, -0.25) is 19.2 Å². The number of nitrogens with one attached hydrogen (secondary N) is 1. The number of H-pyrrole nitrogens is 1. The number of hydrogen-bond acceptors (Lipinski definition) is 4. The number of hydrogen-bond donors (Lipinski definition) is 1. The van der Waals surface area contributed by atoms with Crippen LogP contribution in [-0.4, -0.2) is 57.1 Å². The fourth-order valence-corrected chi connectivity index (χ4v) is 4.36. The van der Waals surface area contributed by atoms with Crippen molar-refractivity contribution in [3.8, 4) is 0 Å². The maximum absolute atomic E-state index is 12.9. The Morgan fingerprint density at radius 3 is 2.53 bits per heavy atom. The Labute approximate surface area is 179 Å². The lowest BCUT2D eigenvalue weighted by molar-refractivity contribution is 0.124. The Bertz CT molecular complexity index is 1230. The minimum Gasteiger partial charge on any atom is -0.349 e. The summed E-state index contributed by atoms with van der Waals surface area (Å²) in [5, 5.41) is 1.53. The van der Waals surface area contributed by atoms with Gasteiger partial charge in [0, 0.05) is 61.7 Å². The van der Waals surface area contributed by atoms with Crippen LogP contribution >= 0.6 is 11.6 Å². The van der Waals surface area contributed by atoms with Crippen LogP contribution in [0.5, 0.6) is 0 Å². The zero-order valence-corrected chi connectivity index (χ0v) is 17.5. The van der Waals surface area contributed by atoms with E-state index in [-0.39, 0.29) is 5.56 Å². The predicted molar refractivity (Wildman–Crippen MR) is 121 cm³/mol. The van der Waals surface area contributed by atoms with Crippen LogP contribution in [0.25, 0.3) is 21.9 Å². The second-order valence-corrected chi connectivity index (χ2v) is 8.32. The third kappa shape index (κ3) is 3.86. The van der Waals surface area contributed by atoms with Gasteiger partial charge in [-0.05, 0) is 23.8 Å². The number of aromatic amines is 1. The van der Waals surface area contributed by atoms with E-state index in [1.807, 2.05) is 18.2 Å². The van der Waals surface area contributed by atoms with Crippen molar-refractivity contribution in [2.24, 2.45) is 0 Å². The van der Waals surface area contributed by atoms with E-state index in [1.54, 1.807) is 10.9 Å². The summed E-state index contributed by atoms with van der Waals surface area (Å²) in [4.78, 5) is 25.6. The molecule has 0 radical (unpaired) electrons. The molecule has 4 aromatic rings. The first-order chi connectivity index (χ1) is 14.7. The van der Waals surface area contributed by atoms with Gasteiger partial charge in [-0.15, -0.1) is 0 Å². The molecule has 2 aromatic heterocycles. The molecule has 0 amide bonds. The van der Waals surface area contributed by atoms with Crippen LogP contribution < -0.4 is 5.56 Å². The third-order valence-electron chi connectivity index (χ3n) is 5.91. The molecule has 5 rings (SSSR count). The number of rotatable bonds is 5. The Balaban J connectivity index is 1.23. The highest BCUT2D eigenvalue weighted by molar-refractivity contribution is 6.31. The lowest BCUT2D eigenvalue weighted by Crippen LogP contribution is -2.47. The molecule has 1 aliphatic rings. The van der Waals surface area contributed by atoms with Crippen molar-refractivity contribution in [1.29, 1.82) is 0 Å². The molecule has 0 bridgehead atoms. The van der Waals surface area contributed by atoms with E-state index in [9.17, 15) is 4.79 Å². The molecule has 0 unspecified atom stereocenters. The third-order valence-corrected chi connectivity index (χ3v) is 6.14. The number of piperazine rings is 1. The molecule has 1 N–H and O–H groups in total. The largest absolute Gasteiger partial charge is 0.349 e. The highest BCUT2D eigenvalue weighted by Crippen LogP contribution is 2.24. The van der Waals surface area contributed by atoms with Crippen molar-refractivity contribution >= 4 is 33.5 Å². The van der Waals surface area contributed by atoms with Gasteiger partial charge in [0.2, 0.25) is 0 Å². The molecule has 1 fully saturated rings. The first-order valence-electron chi connectivity index (χ1n) is 10.3. The van der Waals surface area contributed by atoms with Crippen LogP contribution in [0.1, 0.15) is 5.56 Å². The van der Waals surface area contributed by atoms with Gasteiger partial charge in [0.25, 0.3) is 5.56 Å². The molecule has 0 atom stereocenters. The molecule has 3 heterocycles. The van der Waals surface area contributed by atoms with Crippen LogP contribution in [0.4, 0.5) is 0 Å². The second-order valence-electron chi connectivity index (χ2n) is 7.89. The summed E-state index contributed by atoms with van der Waals surface area (Å²) in [5.41, 5.74) is 3.43. The molecule has 6 nitrogen and oxygen atoms in total. The molecule has 1 saturated heterocycles. The first-order valence-corrected chi connectivity index (χ1v) is 10.7. The van der Waals surface area contributed by atoms with Gasteiger partial charge in [0.05, 0.1) is 6.33 Å². The van der Waals surface area contributed by atoms with Crippen LogP contribution in [0.3, 0.4) is 0 Å². The van der Waals surface area contributed by atoms with Crippen molar-refractivity contribution in [3.63, 3.8) is 0 Å². The Kier molecular flexibility index (Phi) is 5.29. The number of aromatic nitrogens is 3. The summed E-state index contributed by atoms with van der Waals surface area (Å²) < 4.78 is 1.70. The summed E-state index contributed by atoms with van der Waals surface area (Å²) in [5.74, 6) is 0. The molecule has 30 heavy (non-hydrogen) atoms. The zero-order valence-electron chi connectivity index (χ0n) is 16.7. The number of benzene rings is 2. The van der Waals surface area contributed by atoms with E-state index >= 15 is 0 Å². The Morgan fingerprint density at radius 1 is 0.967 bits per heavy atom. The van der Waals surface area contributed by atoms with Gasteiger partial charge in [-0.25, -0.2) is 4.98 Å². The lowest BCUT2D eigenvalue weighted by atomic mass is 10.2. The van der Waals surface area contributed by atoms with Gasteiger partial charge < -0.3 is 4.98 Å². The molecular formula is C23H24ClN5O. The molecule has 1 aliphatic heterocycles. The van der Waals surface area contributed by atoms with Crippen LogP contribution in [0, 0.1) is 0 Å². The summed E-state index contributed by atoms with van der Waals surface area (Å²) in [7, 11) is 0. The Morgan fingerprint density at radius 2 is 1.73 bits per heavy atom. The monoisotopic (exact) mass is 421 g/mol. The average molecular weight is 422 g/mol. The van der Waals surface area contributed by atoms with Crippen LogP contribution in [0.15, 0.2) is 59.7 Å². The highest BCUT2D eigenvalue weighted by atomic mass is 35.5. The topological polar surface area (TPSA) is 57.2 Å². The summed E-state index contributed by atoms with van der Waals surface area (Å²) in [6, 6.07) is 16.2. The van der Waals surface area contributed by atoms with E-state index in [1.165, 1.54) is 5.56 Å². The van der Waals surface area contributed by atoms with Crippen LogP contribution in [0.2, 0.25) is 5.02 Å². The minimum atomic E-state index is -0.0324. The summed E-state index contributed by atoms with van der Waals surface area (Å²) in [6.07, 6.45) is 1.66. The van der Waals surface area contributed by atoms with Gasteiger partial charge in [-0.1, -0.05) is 41.9 Å². The zero-order chi connectivity index (χ0) is 20.5. The van der Waals surface area contributed by atoms with Crippen molar-refractivity contribution in [1.82, 2.24) is 24.3 Å². The lowest BCUT2D eigenvalue weighted by Gasteiger charge is -2.34. The normalized spacial score (nSPS) is 15.9. The summed E-state index contributed by atoms with van der Waals surface area (Å²) in [6.45, 7) is 6.60. The number of nitrogens with zero attached hydrogens (tertiary/aromatic N) is 4. The first kappa shape index (κ1) is 19.3. The smallest absolute Gasteiger partial charge is 0.277 e. The fraction of sp³-hybridized carbons (Fsp3) is 0.304.